The summed E-state index contributed by atoms with van der Waals surface area (Å²) < 4.78 is 5.47. The number of amides is 1. The van der Waals surface area contributed by atoms with Gasteiger partial charge in [-0.1, -0.05) is 0 Å². The highest BCUT2D eigenvalue weighted by Gasteiger charge is 2.35. The molecule has 0 spiro atoms. The van der Waals surface area contributed by atoms with Crippen LogP contribution >= 0.6 is 0 Å². The lowest BCUT2D eigenvalue weighted by Crippen LogP contribution is -2.41. The molecule has 1 unspecified atom stereocenters. The Bertz CT molecular complexity index is 333. The maximum absolute atomic E-state index is 11.4. The molecule has 4 nitrogen and oxygen atoms in total. The molecule has 4 heteroatoms. The van der Waals surface area contributed by atoms with Crippen molar-refractivity contribution in [1.29, 1.82) is 0 Å². The van der Waals surface area contributed by atoms with E-state index in [-0.39, 0.29) is 5.91 Å². The van der Waals surface area contributed by atoms with Gasteiger partial charge in [0.1, 0.15) is 0 Å². The molecule has 0 bridgehead atoms. The third-order valence-corrected chi connectivity index (χ3v) is 5.61. The van der Waals surface area contributed by atoms with Crippen molar-refractivity contribution >= 4 is 5.91 Å². The van der Waals surface area contributed by atoms with E-state index in [9.17, 15) is 4.79 Å². The van der Waals surface area contributed by atoms with Gasteiger partial charge in [0.15, 0.2) is 0 Å². The molecule has 3 rings (SSSR count). The predicted octanol–water partition coefficient (Wildman–Crippen LogP) is 1.75. The first-order chi connectivity index (χ1) is 9.74. The van der Waals surface area contributed by atoms with Crippen molar-refractivity contribution in [3.05, 3.63) is 0 Å². The Morgan fingerprint density at radius 2 is 1.60 bits per heavy atom. The van der Waals surface area contributed by atoms with Gasteiger partial charge in [0.25, 0.3) is 0 Å². The number of hydrogen-bond acceptors (Lipinski definition) is 3. The summed E-state index contributed by atoms with van der Waals surface area (Å²) in [5.74, 6) is 1.96. The summed E-state index contributed by atoms with van der Waals surface area (Å²) in [6.45, 7) is 8.12. The third kappa shape index (κ3) is 3.17. The van der Waals surface area contributed by atoms with E-state index >= 15 is 0 Å². The monoisotopic (exact) mass is 280 g/mol. The molecule has 3 aliphatic rings. The van der Waals surface area contributed by atoms with E-state index < -0.39 is 0 Å². The van der Waals surface area contributed by atoms with Crippen molar-refractivity contribution in [3.8, 4) is 0 Å². The highest BCUT2D eigenvalue weighted by atomic mass is 16.5. The molecule has 0 N–H and O–H groups in total. The Labute approximate surface area is 122 Å². The molecule has 1 amide bonds. The molecule has 0 aliphatic carbocycles. The number of hydrogen-bond donors (Lipinski definition) is 0. The Balaban J connectivity index is 1.47. The van der Waals surface area contributed by atoms with Crippen LogP contribution in [0.3, 0.4) is 0 Å². The Hall–Kier alpha value is -0.610. The second-order valence-corrected chi connectivity index (χ2v) is 6.73. The maximum Gasteiger partial charge on any atom is 0.219 e. The SMILES string of the molecule is CC(=O)N1CCC(C2CCN(C3CCOCC3)C2)CC1. The van der Waals surface area contributed by atoms with Gasteiger partial charge in [-0.25, -0.2) is 0 Å². The molecule has 20 heavy (non-hydrogen) atoms. The van der Waals surface area contributed by atoms with Crippen LogP contribution in [0.2, 0.25) is 0 Å². The van der Waals surface area contributed by atoms with E-state index in [0.29, 0.717) is 0 Å². The summed E-state index contributed by atoms with van der Waals surface area (Å²) in [5, 5.41) is 0. The summed E-state index contributed by atoms with van der Waals surface area (Å²) in [5.41, 5.74) is 0. The van der Waals surface area contributed by atoms with Crippen molar-refractivity contribution in [2.75, 3.05) is 39.4 Å². The van der Waals surface area contributed by atoms with Crippen molar-refractivity contribution in [3.63, 3.8) is 0 Å². The van der Waals surface area contributed by atoms with Gasteiger partial charge in [0, 0.05) is 45.8 Å². The van der Waals surface area contributed by atoms with E-state index in [4.69, 9.17) is 4.74 Å². The van der Waals surface area contributed by atoms with Crippen molar-refractivity contribution in [2.24, 2.45) is 11.8 Å². The van der Waals surface area contributed by atoms with Crippen LogP contribution in [0.15, 0.2) is 0 Å². The van der Waals surface area contributed by atoms with Crippen LogP contribution in [0.1, 0.15) is 39.0 Å². The fourth-order valence-corrected chi connectivity index (χ4v) is 4.27. The van der Waals surface area contributed by atoms with Gasteiger partial charge in [-0.2, -0.15) is 0 Å². The first kappa shape index (κ1) is 14.3. The minimum absolute atomic E-state index is 0.249. The number of nitrogens with zero attached hydrogens (tertiary/aromatic N) is 2. The van der Waals surface area contributed by atoms with Gasteiger partial charge >= 0.3 is 0 Å². The smallest absolute Gasteiger partial charge is 0.219 e. The fraction of sp³-hybridized carbons (Fsp3) is 0.938. The Morgan fingerprint density at radius 3 is 2.25 bits per heavy atom. The van der Waals surface area contributed by atoms with Gasteiger partial charge in [0.2, 0.25) is 5.91 Å². The zero-order valence-corrected chi connectivity index (χ0v) is 12.7. The van der Waals surface area contributed by atoms with Crippen LogP contribution in [-0.4, -0.2) is 61.1 Å². The highest BCUT2D eigenvalue weighted by molar-refractivity contribution is 5.73. The number of carbonyl (C=O) groups is 1. The second-order valence-electron chi connectivity index (χ2n) is 6.73. The number of ether oxygens (including phenoxy) is 1. The van der Waals surface area contributed by atoms with Gasteiger partial charge in [0.05, 0.1) is 0 Å². The minimum Gasteiger partial charge on any atom is -0.381 e. The van der Waals surface area contributed by atoms with Crippen molar-refractivity contribution in [1.82, 2.24) is 9.80 Å². The summed E-state index contributed by atoms with van der Waals surface area (Å²) in [4.78, 5) is 16.1. The lowest BCUT2D eigenvalue weighted by molar-refractivity contribution is -0.130. The van der Waals surface area contributed by atoms with Crippen LogP contribution < -0.4 is 0 Å². The quantitative estimate of drug-likeness (QED) is 0.772. The first-order valence-corrected chi connectivity index (χ1v) is 8.31. The molecule has 114 valence electrons. The number of likely N-dealkylation sites (tertiary alicyclic amines) is 2. The molecule has 0 aromatic rings. The molecule has 3 aliphatic heterocycles. The molecule has 3 heterocycles. The standard InChI is InChI=1S/C16H28N2O2/c1-13(19)17-7-2-14(3-8-17)15-4-9-18(12-15)16-5-10-20-11-6-16/h14-16H,2-12H2,1H3. The molecule has 3 fully saturated rings. The van der Waals surface area contributed by atoms with Gasteiger partial charge in [-0.05, 0) is 50.5 Å². The Morgan fingerprint density at radius 1 is 0.950 bits per heavy atom. The molecule has 0 aromatic carbocycles. The molecule has 1 atom stereocenters. The Kier molecular flexibility index (Phi) is 4.61. The van der Waals surface area contributed by atoms with Crippen LogP contribution in [0.25, 0.3) is 0 Å². The maximum atomic E-state index is 11.4. The molecule has 0 radical (unpaired) electrons. The number of rotatable bonds is 2. The van der Waals surface area contributed by atoms with E-state index in [1.165, 1.54) is 45.2 Å². The normalized spacial score (nSPS) is 30.9. The van der Waals surface area contributed by atoms with E-state index in [1.807, 2.05) is 4.90 Å². The average Bonchev–Trinajstić information content (AvgIpc) is 2.98. The molecule has 0 saturated carbocycles. The minimum atomic E-state index is 0.249. The summed E-state index contributed by atoms with van der Waals surface area (Å²) in [6, 6.07) is 0.769. The van der Waals surface area contributed by atoms with E-state index in [2.05, 4.69) is 4.90 Å². The van der Waals surface area contributed by atoms with E-state index in [1.54, 1.807) is 6.92 Å². The van der Waals surface area contributed by atoms with Crippen LogP contribution in [0, 0.1) is 11.8 Å². The van der Waals surface area contributed by atoms with Crippen LogP contribution in [-0.2, 0) is 9.53 Å². The van der Waals surface area contributed by atoms with Crippen LogP contribution in [0.4, 0.5) is 0 Å². The van der Waals surface area contributed by atoms with Crippen molar-refractivity contribution in [2.45, 2.75) is 45.1 Å². The molecule has 0 aromatic heterocycles. The molecular formula is C16H28N2O2. The third-order valence-electron chi connectivity index (χ3n) is 5.61. The molecular weight excluding hydrogens is 252 g/mol. The fourth-order valence-electron chi connectivity index (χ4n) is 4.27. The second kappa shape index (κ2) is 6.44. The molecule has 3 saturated heterocycles. The van der Waals surface area contributed by atoms with Crippen LogP contribution in [0.5, 0.6) is 0 Å². The number of carbonyl (C=O) groups excluding carboxylic acids is 1. The lowest BCUT2D eigenvalue weighted by atomic mass is 9.83. The van der Waals surface area contributed by atoms with Gasteiger partial charge < -0.3 is 9.64 Å². The topological polar surface area (TPSA) is 32.8 Å². The number of piperidine rings is 1. The van der Waals surface area contributed by atoms with Crippen molar-refractivity contribution < 1.29 is 9.53 Å². The van der Waals surface area contributed by atoms with Gasteiger partial charge in [-0.3, -0.25) is 9.69 Å². The van der Waals surface area contributed by atoms with E-state index in [0.717, 1.165) is 44.2 Å². The predicted molar refractivity (Wildman–Crippen MR) is 78.5 cm³/mol. The summed E-state index contributed by atoms with van der Waals surface area (Å²) in [6.07, 6.45) is 6.23. The zero-order valence-electron chi connectivity index (χ0n) is 12.7. The van der Waals surface area contributed by atoms with Gasteiger partial charge in [-0.15, -0.1) is 0 Å². The zero-order chi connectivity index (χ0) is 13.9. The largest absolute Gasteiger partial charge is 0.381 e. The highest BCUT2D eigenvalue weighted by Crippen LogP contribution is 2.33. The average molecular weight is 280 g/mol. The summed E-state index contributed by atoms with van der Waals surface area (Å²) >= 11 is 0. The lowest BCUT2D eigenvalue weighted by Gasteiger charge is -2.35. The first-order valence-electron chi connectivity index (χ1n) is 8.31. The summed E-state index contributed by atoms with van der Waals surface area (Å²) in [7, 11) is 0.